The Morgan fingerprint density at radius 1 is 1.25 bits per heavy atom. The second-order valence-corrected chi connectivity index (χ2v) is 10.4. The highest BCUT2D eigenvalue weighted by Crippen LogP contribution is 2.40. The van der Waals surface area contributed by atoms with Gasteiger partial charge in [0.2, 0.25) is 10.0 Å². The number of sulfonamides is 1. The molecular weight excluding hydrogens is 434 g/mol. The van der Waals surface area contributed by atoms with E-state index in [1.54, 1.807) is 25.3 Å². The molecule has 1 heterocycles. The first kappa shape index (κ1) is 24.1. The van der Waals surface area contributed by atoms with E-state index in [9.17, 15) is 23.6 Å². The largest absolute Gasteiger partial charge is 0.497 e. The Bertz CT molecular complexity index is 1070. The molecule has 9 nitrogen and oxygen atoms in total. The molecular formula is C22H29N3O6S. The van der Waals surface area contributed by atoms with Gasteiger partial charge in [-0.1, -0.05) is 24.3 Å². The number of hydrogen-bond donors (Lipinski definition) is 1. The molecule has 2 aromatic carbocycles. The molecule has 174 valence electrons. The zero-order valence-corrected chi connectivity index (χ0v) is 19.3. The molecule has 0 saturated carbocycles. The van der Waals surface area contributed by atoms with Crippen LogP contribution < -0.4 is 4.74 Å². The van der Waals surface area contributed by atoms with Gasteiger partial charge >= 0.3 is 0 Å². The third kappa shape index (κ3) is 5.26. The minimum atomic E-state index is -3.74. The number of nitro benzene ring substituents is 1. The molecule has 0 amide bonds. The van der Waals surface area contributed by atoms with E-state index < -0.39 is 20.5 Å². The maximum Gasteiger partial charge on any atom is 0.269 e. The van der Waals surface area contributed by atoms with E-state index >= 15 is 0 Å². The highest BCUT2D eigenvalue weighted by atomic mass is 32.2. The number of piperidine rings is 1. The van der Waals surface area contributed by atoms with Gasteiger partial charge in [-0.2, -0.15) is 0 Å². The first-order chi connectivity index (χ1) is 15.0. The third-order valence-electron chi connectivity index (χ3n) is 5.86. The quantitative estimate of drug-likeness (QED) is 0.472. The molecule has 0 spiro atoms. The van der Waals surface area contributed by atoms with Crippen molar-refractivity contribution < 1.29 is 23.2 Å². The highest BCUT2D eigenvalue weighted by Gasteiger charge is 2.45. The van der Waals surface area contributed by atoms with Crippen molar-refractivity contribution in [3.05, 3.63) is 69.8 Å². The van der Waals surface area contributed by atoms with Crippen molar-refractivity contribution in [2.75, 3.05) is 40.8 Å². The Hall–Kier alpha value is -2.53. The third-order valence-corrected chi connectivity index (χ3v) is 7.68. The standard InChI is InChI=1S/C22H29N3O6S/c1-23(2)14-19-15-24(11-10-22(19,26)18-7-5-9-21(13-18)31-3)32(29,30)16-17-6-4-8-20(12-17)25(27)28/h4-9,12-13,19,26H,10-11,14-16H2,1-3H3. The van der Waals surface area contributed by atoms with Gasteiger partial charge in [-0.25, -0.2) is 12.7 Å². The molecule has 0 radical (unpaired) electrons. The summed E-state index contributed by atoms with van der Waals surface area (Å²) in [5, 5.41) is 22.7. The fourth-order valence-corrected chi connectivity index (χ4v) is 5.78. The van der Waals surface area contributed by atoms with Gasteiger partial charge in [0.05, 0.1) is 23.4 Å². The Morgan fingerprint density at radius 3 is 2.62 bits per heavy atom. The minimum Gasteiger partial charge on any atom is -0.497 e. The lowest BCUT2D eigenvalue weighted by Gasteiger charge is -2.45. The molecule has 0 bridgehead atoms. The molecule has 1 aliphatic rings. The smallest absolute Gasteiger partial charge is 0.269 e. The average Bonchev–Trinajstić information content (AvgIpc) is 2.74. The lowest BCUT2D eigenvalue weighted by molar-refractivity contribution is -0.384. The van der Waals surface area contributed by atoms with Crippen molar-refractivity contribution in [3.63, 3.8) is 0 Å². The van der Waals surface area contributed by atoms with Gasteiger partial charge in [0, 0.05) is 37.7 Å². The van der Waals surface area contributed by atoms with Crippen LogP contribution in [0, 0.1) is 16.0 Å². The van der Waals surface area contributed by atoms with Crippen LogP contribution in [-0.4, -0.2) is 68.5 Å². The maximum absolute atomic E-state index is 13.2. The van der Waals surface area contributed by atoms with Gasteiger partial charge in [-0.05, 0) is 43.8 Å². The number of benzene rings is 2. The van der Waals surface area contributed by atoms with Gasteiger partial charge in [0.15, 0.2) is 0 Å². The van der Waals surface area contributed by atoms with Crippen LogP contribution in [0.1, 0.15) is 17.5 Å². The summed E-state index contributed by atoms with van der Waals surface area (Å²) < 4.78 is 33.0. The van der Waals surface area contributed by atoms with Gasteiger partial charge in [-0.15, -0.1) is 0 Å². The molecule has 1 fully saturated rings. The Kier molecular flexibility index (Phi) is 7.19. The summed E-state index contributed by atoms with van der Waals surface area (Å²) >= 11 is 0. The molecule has 0 aliphatic carbocycles. The summed E-state index contributed by atoms with van der Waals surface area (Å²) in [6.07, 6.45) is 0.229. The predicted molar refractivity (Wildman–Crippen MR) is 121 cm³/mol. The lowest BCUT2D eigenvalue weighted by Crippen LogP contribution is -2.54. The Balaban J connectivity index is 1.86. The second kappa shape index (κ2) is 9.53. The lowest BCUT2D eigenvalue weighted by atomic mass is 9.76. The van der Waals surface area contributed by atoms with Crippen LogP contribution in [0.25, 0.3) is 0 Å². The number of methoxy groups -OCH3 is 1. The molecule has 3 rings (SSSR count). The predicted octanol–water partition coefficient (Wildman–Crippen LogP) is 2.20. The normalized spacial score (nSPS) is 22.1. The van der Waals surface area contributed by atoms with Gasteiger partial charge in [0.1, 0.15) is 5.75 Å². The van der Waals surface area contributed by atoms with Crippen LogP contribution in [0.4, 0.5) is 5.69 Å². The number of aliphatic hydroxyl groups is 1. The summed E-state index contributed by atoms with van der Waals surface area (Å²) in [5.41, 5.74) is -0.304. The molecule has 32 heavy (non-hydrogen) atoms. The number of non-ortho nitro benzene ring substituents is 1. The van der Waals surface area contributed by atoms with Crippen molar-refractivity contribution in [2.24, 2.45) is 5.92 Å². The van der Waals surface area contributed by atoms with E-state index in [0.29, 0.717) is 23.4 Å². The van der Waals surface area contributed by atoms with E-state index in [4.69, 9.17) is 4.74 Å². The molecule has 1 N–H and O–H groups in total. The van der Waals surface area contributed by atoms with Crippen molar-refractivity contribution in [3.8, 4) is 5.75 Å². The SMILES string of the molecule is COc1cccc(C2(O)CCN(S(=O)(=O)Cc3cccc([N+](=O)[O-])c3)CC2CN(C)C)c1. The number of ether oxygens (including phenoxy) is 1. The van der Waals surface area contributed by atoms with Gasteiger partial charge in [0.25, 0.3) is 5.69 Å². The van der Waals surface area contributed by atoms with Crippen LogP contribution in [0.15, 0.2) is 48.5 Å². The maximum atomic E-state index is 13.2. The second-order valence-electron chi connectivity index (χ2n) is 8.41. The number of nitrogens with zero attached hydrogens (tertiary/aromatic N) is 3. The molecule has 0 aromatic heterocycles. The summed E-state index contributed by atoms with van der Waals surface area (Å²) in [6, 6.07) is 12.9. The minimum absolute atomic E-state index is 0.142. The summed E-state index contributed by atoms with van der Waals surface area (Å²) in [6.45, 7) is 0.772. The van der Waals surface area contributed by atoms with E-state index in [1.807, 2.05) is 31.1 Å². The Labute approximate surface area is 188 Å². The first-order valence-corrected chi connectivity index (χ1v) is 11.9. The summed E-state index contributed by atoms with van der Waals surface area (Å²) in [4.78, 5) is 12.4. The number of rotatable bonds is 8. The molecule has 2 atom stereocenters. The van der Waals surface area contributed by atoms with Crippen molar-refractivity contribution in [2.45, 2.75) is 17.8 Å². The fourth-order valence-electron chi connectivity index (χ4n) is 4.22. The average molecular weight is 464 g/mol. The number of nitro groups is 1. The molecule has 1 saturated heterocycles. The zero-order chi connectivity index (χ0) is 23.5. The van der Waals surface area contributed by atoms with Crippen molar-refractivity contribution in [1.82, 2.24) is 9.21 Å². The number of hydrogen-bond acceptors (Lipinski definition) is 7. The molecule has 2 unspecified atom stereocenters. The molecule has 10 heteroatoms. The topological polar surface area (TPSA) is 113 Å². The molecule has 1 aliphatic heterocycles. The van der Waals surface area contributed by atoms with E-state index in [2.05, 4.69) is 0 Å². The first-order valence-electron chi connectivity index (χ1n) is 10.3. The van der Waals surface area contributed by atoms with E-state index in [0.717, 1.165) is 0 Å². The van der Waals surface area contributed by atoms with Gasteiger partial charge < -0.3 is 14.7 Å². The molecule has 2 aromatic rings. The summed E-state index contributed by atoms with van der Waals surface area (Å²) in [7, 11) is 1.58. The van der Waals surface area contributed by atoms with Crippen molar-refractivity contribution >= 4 is 15.7 Å². The summed E-state index contributed by atoms with van der Waals surface area (Å²) in [5.74, 6) is -0.0838. The fraction of sp³-hybridized carbons (Fsp3) is 0.455. The van der Waals surface area contributed by atoms with Gasteiger partial charge in [-0.3, -0.25) is 10.1 Å². The van der Waals surface area contributed by atoms with Crippen LogP contribution in [0.2, 0.25) is 0 Å². The van der Waals surface area contributed by atoms with Crippen LogP contribution in [0.5, 0.6) is 5.75 Å². The highest BCUT2D eigenvalue weighted by molar-refractivity contribution is 7.88. The zero-order valence-electron chi connectivity index (χ0n) is 18.5. The Morgan fingerprint density at radius 2 is 1.97 bits per heavy atom. The van der Waals surface area contributed by atoms with E-state index in [1.165, 1.54) is 22.5 Å². The van der Waals surface area contributed by atoms with Crippen LogP contribution in [-0.2, 0) is 21.4 Å². The van der Waals surface area contributed by atoms with E-state index in [-0.39, 0.29) is 36.9 Å². The van der Waals surface area contributed by atoms with Crippen LogP contribution in [0.3, 0.4) is 0 Å². The monoisotopic (exact) mass is 463 g/mol. The van der Waals surface area contributed by atoms with Crippen molar-refractivity contribution in [1.29, 1.82) is 0 Å². The van der Waals surface area contributed by atoms with Crippen LogP contribution >= 0.6 is 0 Å².